The molecule has 1 N–H and O–H groups in total. The summed E-state index contributed by atoms with van der Waals surface area (Å²) in [6.07, 6.45) is 3.45. The molecular formula is C18H30O2Si. The van der Waals surface area contributed by atoms with Crippen LogP contribution in [0, 0.1) is 5.92 Å². The highest BCUT2D eigenvalue weighted by molar-refractivity contribution is 6.74. The molecule has 0 heterocycles. The second-order valence-electron chi connectivity index (χ2n) is 7.94. The van der Waals surface area contributed by atoms with Crippen LogP contribution in [0.25, 0.3) is 0 Å². The Morgan fingerprint density at radius 2 is 1.95 bits per heavy atom. The normalized spacial score (nSPS) is 19.4. The lowest BCUT2D eigenvalue weighted by Crippen LogP contribution is -2.42. The molecule has 1 aliphatic rings. The molecule has 2 rings (SSSR count). The quantitative estimate of drug-likeness (QED) is 0.840. The van der Waals surface area contributed by atoms with Gasteiger partial charge in [0, 0.05) is 6.61 Å². The summed E-state index contributed by atoms with van der Waals surface area (Å²) in [5.41, 5.74) is 3.90. The number of hydrogen-bond acceptors (Lipinski definition) is 2. The van der Waals surface area contributed by atoms with E-state index in [9.17, 15) is 5.11 Å². The van der Waals surface area contributed by atoms with Crippen LogP contribution < -0.4 is 0 Å². The van der Waals surface area contributed by atoms with E-state index < -0.39 is 8.32 Å². The van der Waals surface area contributed by atoms with Gasteiger partial charge in [-0.25, -0.2) is 0 Å². The predicted molar refractivity (Wildman–Crippen MR) is 91.0 cm³/mol. The number of hydrogen-bond donors (Lipinski definition) is 1. The lowest BCUT2D eigenvalue weighted by atomic mass is 9.84. The molecule has 21 heavy (non-hydrogen) atoms. The van der Waals surface area contributed by atoms with Crippen LogP contribution in [-0.4, -0.2) is 20.0 Å². The molecule has 0 aromatic heterocycles. The summed E-state index contributed by atoms with van der Waals surface area (Å²) >= 11 is 0. The van der Waals surface area contributed by atoms with Crippen molar-refractivity contribution in [1.29, 1.82) is 0 Å². The molecule has 3 heteroatoms. The molecule has 0 spiro atoms. The summed E-state index contributed by atoms with van der Waals surface area (Å²) in [5, 5.41) is 9.51. The number of aliphatic hydroxyl groups is 1. The van der Waals surface area contributed by atoms with Crippen LogP contribution >= 0.6 is 0 Å². The Kier molecular flexibility index (Phi) is 4.96. The van der Waals surface area contributed by atoms with Crippen LogP contribution in [0.4, 0.5) is 0 Å². The maximum atomic E-state index is 9.23. The van der Waals surface area contributed by atoms with Crippen molar-refractivity contribution in [3.05, 3.63) is 34.9 Å². The fourth-order valence-electron chi connectivity index (χ4n) is 2.67. The van der Waals surface area contributed by atoms with E-state index in [2.05, 4.69) is 52.1 Å². The van der Waals surface area contributed by atoms with Crippen molar-refractivity contribution in [2.75, 3.05) is 6.61 Å². The Balaban J connectivity index is 1.96. The first-order valence-corrected chi connectivity index (χ1v) is 11.0. The average Bonchev–Trinajstić information content (AvgIpc) is 2.43. The highest BCUT2D eigenvalue weighted by Gasteiger charge is 2.37. The summed E-state index contributed by atoms with van der Waals surface area (Å²) in [4.78, 5) is 0. The SMILES string of the molecule is CC(C)(C)[Si](C)(C)OC[C@H]1CCc2cc(CO)ccc2C1. The van der Waals surface area contributed by atoms with Crippen LogP contribution in [0.15, 0.2) is 18.2 Å². The largest absolute Gasteiger partial charge is 0.417 e. The van der Waals surface area contributed by atoms with Crippen LogP contribution in [0.1, 0.15) is 43.9 Å². The molecule has 1 aromatic rings. The Hall–Kier alpha value is -0.643. The highest BCUT2D eigenvalue weighted by atomic mass is 28.4. The van der Waals surface area contributed by atoms with Gasteiger partial charge < -0.3 is 9.53 Å². The van der Waals surface area contributed by atoms with Crippen LogP contribution in [0.5, 0.6) is 0 Å². The molecule has 0 unspecified atom stereocenters. The van der Waals surface area contributed by atoms with Gasteiger partial charge in [0.15, 0.2) is 8.32 Å². The molecule has 2 nitrogen and oxygen atoms in total. The minimum Gasteiger partial charge on any atom is -0.417 e. The van der Waals surface area contributed by atoms with Gasteiger partial charge in [-0.15, -0.1) is 0 Å². The fourth-order valence-corrected chi connectivity index (χ4v) is 3.75. The lowest BCUT2D eigenvalue weighted by molar-refractivity contribution is 0.215. The van der Waals surface area contributed by atoms with Gasteiger partial charge in [0.1, 0.15) is 0 Å². The second-order valence-corrected chi connectivity index (χ2v) is 12.8. The summed E-state index contributed by atoms with van der Waals surface area (Å²) in [6.45, 7) is 12.6. The zero-order valence-corrected chi connectivity index (χ0v) is 15.2. The molecule has 118 valence electrons. The summed E-state index contributed by atoms with van der Waals surface area (Å²) in [7, 11) is -1.63. The van der Waals surface area contributed by atoms with Crippen molar-refractivity contribution in [1.82, 2.24) is 0 Å². The van der Waals surface area contributed by atoms with E-state index in [1.165, 1.54) is 17.5 Å². The van der Waals surface area contributed by atoms with Gasteiger partial charge in [0.2, 0.25) is 0 Å². The maximum Gasteiger partial charge on any atom is 0.191 e. The molecular weight excluding hydrogens is 276 g/mol. The fraction of sp³-hybridized carbons (Fsp3) is 0.667. The minimum atomic E-state index is -1.63. The van der Waals surface area contributed by atoms with Crippen molar-refractivity contribution in [2.45, 2.75) is 64.8 Å². The smallest absolute Gasteiger partial charge is 0.191 e. The Morgan fingerprint density at radius 1 is 1.24 bits per heavy atom. The maximum absolute atomic E-state index is 9.23. The van der Waals surface area contributed by atoms with Crippen LogP contribution in [-0.2, 0) is 23.9 Å². The second kappa shape index (κ2) is 6.23. The first-order valence-electron chi connectivity index (χ1n) is 8.08. The van der Waals surface area contributed by atoms with Crippen LogP contribution in [0.3, 0.4) is 0 Å². The van der Waals surface area contributed by atoms with E-state index in [-0.39, 0.29) is 11.6 Å². The van der Waals surface area contributed by atoms with Crippen molar-refractivity contribution in [3.63, 3.8) is 0 Å². The molecule has 1 aliphatic carbocycles. The van der Waals surface area contributed by atoms with E-state index >= 15 is 0 Å². The standard InChI is InChI=1S/C18H30O2Si/c1-18(2,3)21(4,5)20-13-15-7-9-16-10-14(12-19)6-8-17(16)11-15/h6,8,10,15,19H,7,9,11-13H2,1-5H3/t15-/m0/s1. The summed E-state index contributed by atoms with van der Waals surface area (Å²) in [5.74, 6) is 0.645. The van der Waals surface area contributed by atoms with E-state index in [4.69, 9.17) is 4.43 Å². The topological polar surface area (TPSA) is 29.5 Å². The molecule has 0 amide bonds. The molecule has 0 aliphatic heterocycles. The molecule has 1 aromatic carbocycles. The van der Waals surface area contributed by atoms with Gasteiger partial charge >= 0.3 is 0 Å². The summed E-state index contributed by atoms with van der Waals surface area (Å²) < 4.78 is 6.39. The van der Waals surface area contributed by atoms with Gasteiger partial charge in [0.05, 0.1) is 6.61 Å². The van der Waals surface area contributed by atoms with Gasteiger partial charge in [-0.3, -0.25) is 0 Å². The first kappa shape index (κ1) is 16.7. The van der Waals surface area contributed by atoms with Crippen LogP contribution in [0.2, 0.25) is 18.1 Å². The highest BCUT2D eigenvalue weighted by Crippen LogP contribution is 2.37. The molecule has 0 saturated heterocycles. The van der Waals surface area contributed by atoms with Gasteiger partial charge in [-0.2, -0.15) is 0 Å². The van der Waals surface area contributed by atoms with Crippen molar-refractivity contribution < 1.29 is 9.53 Å². The molecule has 0 radical (unpaired) electrons. The third-order valence-electron chi connectivity index (χ3n) is 5.27. The van der Waals surface area contributed by atoms with E-state index in [0.29, 0.717) is 5.92 Å². The van der Waals surface area contributed by atoms with E-state index in [0.717, 1.165) is 25.0 Å². The zero-order chi connectivity index (χ0) is 15.7. The number of aryl methyl sites for hydroxylation is 1. The van der Waals surface area contributed by atoms with Gasteiger partial charge in [-0.1, -0.05) is 39.0 Å². The average molecular weight is 307 g/mol. The zero-order valence-electron chi connectivity index (χ0n) is 14.2. The lowest BCUT2D eigenvalue weighted by Gasteiger charge is -2.38. The van der Waals surface area contributed by atoms with Gasteiger partial charge in [-0.05, 0) is 60.0 Å². The molecule has 0 bridgehead atoms. The number of rotatable bonds is 4. The van der Waals surface area contributed by atoms with E-state index in [1.54, 1.807) is 0 Å². The Morgan fingerprint density at radius 3 is 2.57 bits per heavy atom. The number of fused-ring (bicyclic) bond motifs is 1. The molecule has 1 atom stereocenters. The number of benzene rings is 1. The van der Waals surface area contributed by atoms with Crippen molar-refractivity contribution in [3.8, 4) is 0 Å². The van der Waals surface area contributed by atoms with Crippen molar-refractivity contribution in [2.24, 2.45) is 5.92 Å². The third kappa shape index (κ3) is 3.96. The Labute approximate surface area is 130 Å². The third-order valence-corrected chi connectivity index (χ3v) is 9.77. The molecule has 0 fully saturated rings. The summed E-state index contributed by atoms with van der Waals surface area (Å²) in [6, 6.07) is 6.41. The van der Waals surface area contributed by atoms with Crippen molar-refractivity contribution >= 4 is 8.32 Å². The predicted octanol–water partition coefficient (Wildman–Crippen LogP) is 4.31. The minimum absolute atomic E-state index is 0.144. The first-order chi connectivity index (χ1) is 9.73. The number of aliphatic hydroxyl groups excluding tert-OH is 1. The molecule has 0 saturated carbocycles. The van der Waals surface area contributed by atoms with E-state index in [1.807, 2.05) is 0 Å². The monoisotopic (exact) mass is 306 g/mol. The van der Waals surface area contributed by atoms with Gasteiger partial charge in [0.25, 0.3) is 0 Å². The Bertz CT molecular complexity index is 488.